The van der Waals surface area contributed by atoms with Crippen molar-refractivity contribution in [3.05, 3.63) is 59.9 Å². The van der Waals surface area contributed by atoms with E-state index in [1.54, 1.807) is 12.1 Å². The molecule has 0 bridgehead atoms. The van der Waals surface area contributed by atoms with Crippen molar-refractivity contribution in [3.8, 4) is 11.5 Å². The summed E-state index contributed by atoms with van der Waals surface area (Å²) < 4.78 is 23.8. The van der Waals surface area contributed by atoms with Crippen LogP contribution in [0.15, 0.2) is 48.5 Å². The first-order valence-electron chi connectivity index (χ1n) is 6.37. The summed E-state index contributed by atoms with van der Waals surface area (Å²) >= 11 is 0. The number of benzene rings is 2. The van der Waals surface area contributed by atoms with E-state index >= 15 is 0 Å². The van der Waals surface area contributed by atoms with Crippen LogP contribution in [0, 0.1) is 5.82 Å². The number of methoxy groups -OCH3 is 1. The molecule has 0 saturated heterocycles. The zero-order valence-electron chi connectivity index (χ0n) is 11.3. The fourth-order valence-corrected chi connectivity index (χ4v) is 1.88. The van der Waals surface area contributed by atoms with Crippen molar-refractivity contribution in [1.82, 2.24) is 0 Å². The summed E-state index contributed by atoms with van der Waals surface area (Å²) in [7, 11) is 1.42. The minimum absolute atomic E-state index is 0.164. The van der Waals surface area contributed by atoms with Gasteiger partial charge in [0.15, 0.2) is 11.6 Å². The predicted molar refractivity (Wildman–Crippen MR) is 74.6 cm³/mol. The highest BCUT2D eigenvalue weighted by Crippen LogP contribution is 2.18. The van der Waals surface area contributed by atoms with Crippen LogP contribution in [-0.4, -0.2) is 24.9 Å². The number of para-hydroxylation sites is 1. The number of hydrogen-bond donors (Lipinski definition) is 1. The first kappa shape index (κ1) is 14.3. The third kappa shape index (κ3) is 3.96. The fourth-order valence-electron chi connectivity index (χ4n) is 1.88. The molecule has 0 heterocycles. The maximum Gasteiger partial charge on any atom is 0.165 e. The average Bonchev–Trinajstić information content (AvgIpc) is 2.46. The van der Waals surface area contributed by atoms with Crippen molar-refractivity contribution in [2.75, 3.05) is 13.7 Å². The first-order chi connectivity index (χ1) is 9.69. The Morgan fingerprint density at radius 2 is 1.90 bits per heavy atom. The summed E-state index contributed by atoms with van der Waals surface area (Å²) in [6, 6.07) is 13.9. The van der Waals surface area contributed by atoms with Crippen LogP contribution in [0.2, 0.25) is 0 Å². The lowest BCUT2D eigenvalue weighted by Gasteiger charge is -2.13. The van der Waals surface area contributed by atoms with Gasteiger partial charge in [0.2, 0.25) is 0 Å². The van der Waals surface area contributed by atoms with Gasteiger partial charge in [0.05, 0.1) is 13.2 Å². The first-order valence-corrected chi connectivity index (χ1v) is 6.37. The zero-order valence-corrected chi connectivity index (χ0v) is 11.3. The molecule has 2 aromatic carbocycles. The lowest BCUT2D eigenvalue weighted by Crippen LogP contribution is -2.20. The Morgan fingerprint density at radius 3 is 2.55 bits per heavy atom. The SMILES string of the molecule is COc1ccc(CC(O)COc2ccccc2)cc1F. The van der Waals surface area contributed by atoms with Gasteiger partial charge in [-0.25, -0.2) is 4.39 Å². The van der Waals surface area contributed by atoms with Gasteiger partial charge >= 0.3 is 0 Å². The largest absolute Gasteiger partial charge is 0.494 e. The van der Waals surface area contributed by atoms with Crippen LogP contribution in [0.25, 0.3) is 0 Å². The topological polar surface area (TPSA) is 38.7 Å². The minimum Gasteiger partial charge on any atom is -0.494 e. The molecule has 3 nitrogen and oxygen atoms in total. The van der Waals surface area contributed by atoms with Crippen LogP contribution in [0.4, 0.5) is 4.39 Å². The van der Waals surface area contributed by atoms with Gasteiger partial charge in [0.1, 0.15) is 12.4 Å². The monoisotopic (exact) mass is 276 g/mol. The van der Waals surface area contributed by atoms with E-state index in [0.717, 1.165) is 0 Å². The summed E-state index contributed by atoms with van der Waals surface area (Å²) in [5, 5.41) is 9.90. The Balaban J connectivity index is 1.88. The smallest absolute Gasteiger partial charge is 0.165 e. The standard InChI is InChI=1S/C16H17FO3/c1-19-16-8-7-12(10-15(16)17)9-13(18)11-20-14-5-3-2-4-6-14/h2-8,10,13,18H,9,11H2,1H3. The molecule has 0 aliphatic heterocycles. The van der Waals surface area contributed by atoms with Gasteiger partial charge in [-0.3, -0.25) is 0 Å². The van der Waals surface area contributed by atoms with E-state index in [2.05, 4.69) is 0 Å². The fraction of sp³-hybridized carbons (Fsp3) is 0.250. The molecule has 106 valence electrons. The normalized spacial score (nSPS) is 11.9. The highest BCUT2D eigenvalue weighted by atomic mass is 19.1. The molecular weight excluding hydrogens is 259 g/mol. The number of hydrogen-bond acceptors (Lipinski definition) is 3. The van der Waals surface area contributed by atoms with Gasteiger partial charge in [-0.15, -0.1) is 0 Å². The molecule has 4 heteroatoms. The van der Waals surface area contributed by atoms with E-state index in [4.69, 9.17) is 9.47 Å². The van der Waals surface area contributed by atoms with Crippen molar-refractivity contribution in [2.24, 2.45) is 0 Å². The minimum atomic E-state index is -0.692. The average molecular weight is 276 g/mol. The molecule has 0 spiro atoms. The second-order valence-corrected chi connectivity index (χ2v) is 4.45. The highest BCUT2D eigenvalue weighted by molar-refractivity contribution is 5.29. The zero-order chi connectivity index (χ0) is 14.4. The Labute approximate surface area is 117 Å². The summed E-state index contributed by atoms with van der Waals surface area (Å²) in [5.74, 6) is 0.470. The van der Waals surface area contributed by atoms with Crippen LogP contribution in [0.3, 0.4) is 0 Å². The van der Waals surface area contributed by atoms with Crippen molar-refractivity contribution in [2.45, 2.75) is 12.5 Å². The van der Waals surface area contributed by atoms with Gasteiger partial charge < -0.3 is 14.6 Å². The van der Waals surface area contributed by atoms with Gasteiger partial charge in [0.25, 0.3) is 0 Å². The number of aliphatic hydroxyl groups is 1. The van der Waals surface area contributed by atoms with Gasteiger partial charge in [-0.05, 0) is 29.8 Å². The second kappa shape index (κ2) is 6.91. The number of halogens is 1. The Hall–Kier alpha value is -2.07. The molecular formula is C16H17FO3. The van der Waals surface area contributed by atoms with E-state index in [1.807, 2.05) is 30.3 Å². The molecule has 0 fully saturated rings. The third-order valence-electron chi connectivity index (χ3n) is 2.87. The molecule has 20 heavy (non-hydrogen) atoms. The molecule has 0 aliphatic carbocycles. The molecule has 0 amide bonds. The van der Waals surface area contributed by atoms with E-state index in [1.165, 1.54) is 13.2 Å². The molecule has 2 aromatic rings. The lowest BCUT2D eigenvalue weighted by molar-refractivity contribution is 0.107. The van der Waals surface area contributed by atoms with Gasteiger partial charge in [-0.1, -0.05) is 24.3 Å². The van der Waals surface area contributed by atoms with Gasteiger partial charge in [-0.2, -0.15) is 0 Å². The molecule has 1 atom stereocenters. The summed E-state index contributed by atoms with van der Waals surface area (Å²) in [4.78, 5) is 0. The number of aliphatic hydroxyl groups excluding tert-OH is 1. The van der Waals surface area contributed by atoms with E-state index in [-0.39, 0.29) is 12.4 Å². The molecule has 0 aliphatic rings. The molecule has 0 radical (unpaired) electrons. The second-order valence-electron chi connectivity index (χ2n) is 4.45. The summed E-state index contributed by atoms with van der Waals surface area (Å²) in [5.41, 5.74) is 0.701. The van der Waals surface area contributed by atoms with Crippen molar-refractivity contribution in [3.63, 3.8) is 0 Å². The van der Waals surface area contributed by atoms with Crippen molar-refractivity contribution in [1.29, 1.82) is 0 Å². The van der Waals surface area contributed by atoms with E-state index in [9.17, 15) is 9.50 Å². The predicted octanol–water partition coefficient (Wildman–Crippen LogP) is 2.82. The maximum atomic E-state index is 13.5. The van der Waals surface area contributed by atoms with Crippen LogP contribution >= 0.6 is 0 Å². The summed E-state index contributed by atoms with van der Waals surface area (Å²) in [6.45, 7) is 0.164. The molecule has 0 saturated carbocycles. The van der Waals surface area contributed by atoms with Crippen LogP contribution in [0.5, 0.6) is 11.5 Å². The summed E-state index contributed by atoms with van der Waals surface area (Å²) in [6.07, 6.45) is -0.365. The molecule has 0 aromatic heterocycles. The third-order valence-corrected chi connectivity index (χ3v) is 2.87. The molecule has 1 N–H and O–H groups in total. The molecule has 1 unspecified atom stereocenters. The van der Waals surface area contributed by atoms with Crippen molar-refractivity contribution < 1.29 is 19.0 Å². The van der Waals surface area contributed by atoms with Crippen molar-refractivity contribution >= 4 is 0 Å². The Kier molecular flexibility index (Phi) is 4.96. The number of ether oxygens (including phenoxy) is 2. The maximum absolute atomic E-state index is 13.5. The van der Waals surface area contributed by atoms with Gasteiger partial charge in [0, 0.05) is 6.42 Å². The quantitative estimate of drug-likeness (QED) is 0.881. The molecule has 2 rings (SSSR count). The number of rotatable bonds is 6. The Bertz CT molecular complexity index is 543. The van der Waals surface area contributed by atoms with Crippen LogP contribution in [-0.2, 0) is 6.42 Å². The highest BCUT2D eigenvalue weighted by Gasteiger charge is 2.09. The lowest BCUT2D eigenvalue weighted by atomic mass is 10.1. The van der Waals surface area contributed by atoms with Crippen LogP contribution in [0.1, 0.15) is 5.56 Å². The Morgan fingerprint density at radius 1 is 1.15 bits per heavy atom. The van der Waals surface area contributed by atoms with Crippen LogP contribution < -0.4 is 9.47 Å². The van der Waals surface area contributed by atoms with E-state index < -0.39 is 11.9 Å². The van der Waals surface area contributed by atoms with E-state index in [0.29, 0.717) is 17.7 Å².